The molecule has 268 valence electrons. The largest absolute Gasteiger partial charge is 0.356 e. The molecule has 1 aliphatic rings. The number of unbranched alkanes of at least 4 members (excludes halogenated alkanes) is 31. The first-order valence-corrected chi connectivity index (χ1v) is 21.5. The van der Waals surface area contributed by atoms with Crippen LogP contribution in [0.3, 0.4) is 0 Å². The molecule has 0 aromatic heterocycles. The average molecular weight is 631 g/mol. The summed E-state index contributed by atoms with van der Waals surface area (Å²) in [5, 5.41) is 0. The fourth-order valence-electron chi connectivity index (χ4n) is 7.41. The number of nitrogens with zero attached hydrogens (tertiary/aromatic N) is 2. The number of hydrogen-bond acceptors (Lipinski definition) is 2. The Kier molecular flexibility index (Phi) is 32.6. The lowest BCUT2D eigenvalue weighted by atomic mass is 10.0. The van der Waals surface area contributed by atoms with Crippen molar-refractivity contribution >= 4 is 0 Å². The second-order valence-electron chi connectivity index (χ2n) is 15.0. The lowest BCUT2D eigenvalue weighted by molar-refractivity contribution is 0.136. The standard InChI is InChI=1S/C43H86N2/c1-4-7-10-12-14-16-18-20-22-23-25-27-29-31-33-35-37-40-45-42-41-44(43(45)38-9-6-3)39-36-34-32-30-28-26-24-21-19-17-15-13-11-8-5-2/h41-43H,4-40H2,1-3H3. The smallest absolute Gasteiger partial charge is 0.101 e. The van der Waals surface area contributed by atoms with Crippen molar-refractivity contribution in [2.75, 3.05) is 13.1 Å². The van der Waals surface area contributed by atoms with Gasteiger partial charge < -0.3 is 9.80 Å². The minimum Gasteiger partial charge on any atom is -0.356 e. The highest BCUT2D eigenvalue weighted by atomic mass is 15.4. The van der Waals surface area contributed by atoms with E-state index in [1.807, 2.05) is 0 Å². The van der Waals surface area contributed by atoms with Gasteiger partial charge >= 0.3 is 0 Å². The Morgan fingerprint density at radius 1 is 0.289 bits per heavy atom. The average Bonchev–Trinajstić information content (AvgIpc) is 3.44. The molecule has 2 nitrogen and oxygen atoms in total. The fourth-order valence-corrected chi connectivity index (χ4v) is 7.41. The molecule has 0 saturated carbocycles. The van der Waals surface area contributed by atoms with Gasteiger partial charge in [0, 0.05) is 25.5 Å². The Labute approximate surface area is 286 Å². The molecule has 0 spiro atoms. The second kappa shape index (κ2) is 34.7. The molecule has 0 aromatic rings. The summed E-state index contributed by atoms with van der Waals surface area (Å²) >= 11 is 0. The van der Waals surface area contributed by atoms with Gasteiger partial charge in [0.1, 0.15) is 6.17 Å². The highest BCUT2D eigenvalue weighted by molar-refractivity contribution is 4.96. The van der Waals surface area contributed by atoms with Crippen LogP contribution < -0.4 is 0 Å². The van der Waals surface area contributed by atoms with Gasteiger partial charge in [-0.05, 0) is 25.7 Å². The zero-order valence-electron chi connectivity index (χ0n) is 31.8. The van der Waals surface area contributed by atoms with E-state index in [0.717, 1.165) is 0 Å². The Bertz CT molecular complexity index is 586. The van der Waals surface area contributed by atoms with E-state index in [9.17, 15) is 0 Å². The molecule has 0 bridgehead atoms. The minimum atomic E-state index is 0.637. The van der Waals surface area contributed by atoms with Crippen LogP contribution in [0.1, 0.15) is 245 Å². The lowest BCUT2D eigenvalue weighted by Crippen LogP contribution is -2.39. The van der Waals surface area contributed by atoms with Crippen molar-refractivity contribution in [2.45, 2.75) is 252 Å². The molecule has 0 saturated heterocycles. The molecular formula is C43H86N2. The molecule has 0 fully saturated rings. The molecule has 2 heteroatoms. The Morgan fingerprint density at radius 3 is 0.756 bits per heavy atom. The summed E-state index contributed by atoms with van der Waals surface area (Å²) in [5.41, 5.74) is 0. The van der Waals surface area contributed by atoms with E-state index in [0.29, 0.717) is 6.17 Å². The van der Waals surface area contributed by atoms with Crippen LogP contribution in [-0.4, -0.2) is 29.1 Å². The van der Waals surface area contributed by atoms with Gasteiger partial charge in [0.05, 0.1) is 0 Å². The van der Waals surface area contributed by atoms with Gasteiger partial charge in [-0.3, -0.25) is 0 Å². The topological polar surface area (TPSA) is 6.48 Å². The van der Waals surface area contributed by atoms with Crippen LogP contribution in [0.5, 0.6) is 0 Å². The van der Waals surface area contributed by atoms with Crippen molar-refractivity contribution in [1.29, 1.82) is 0 Å². The Balaban J connectivity index is 1.95. The van der Waals surface area contributed by atoms with Crippen molar-refractivity contribution in [1.82, 2.24) is 9.80 Å². The first-order chi connectivity index (χ1) is 22.3. The predicted molar refractivity (Wildman–Crippen MR) is 205 cm³/mol. The van der Waals surface area contributed by atoms with Gasteiger partial charge in [0.15, 0.2) is 0 Å². The quantitative estimate of drug-likeness (QED) is 0.0630. The number of hydrogen-bond donors (Lipinski definition) is 0. The summed E-state index contributed by atoms with van der Waals surface area (Å²) in [5.74, 6) is 0. The van der Waals surface area contributed by atoms with Gasteiger partial charge in [0.25, 0.3) is 0 Å². The highest BCUT2D eigenvalue weighted by Crippen LogP contribution is 2.23. The van der Waals surface area contributed by atoms with E-state index in [-0.39, 0.29) is 0 Å². The van der Waals surface area contributed by atoms with E-state index in [4.69, 9.17) is 0 Å². The first kappa shape index (κ1) is 42.4. The van der Waals surface area contributed by atoms with E-state index < -0.39 is 0 Å². The van der Waals surface area contributed by atoms with Crippen LogP contribution in [0.25, 0.3) is 0 Å². The molecular weight excluding hydrogens is 544 g/mol. The molecule has 0 amide bonds. The summed E-state index contributed by atoms with van der Waals surface area (Å²) in [4.78, 5) is 5.37. The molecule has 0 N–H and O–H groups in total. The summed E-state index contributed by atoms with van der Waals surface area (Å²) in [7, 11) is 0. The van der Waals surface area contributed by atoms with Crippen molar-refractivity contribution in [3.63, 3.8) is 0 Å². The van der Waals surface area contributed by atoms with E-state index in [2.05, 4.69) is 43.0 Å². The van der Waals surface area contributed by atoms with Crippen LogP contribution in [0.4, 0.5) is 0 Å². The molecule has 45 heavy (non-hydrogen) atoms. The van der Waals surface area contributed by atoms with Crippen molar-refractivity contribution in [3.05, 3.63) is 12.4 Å². The van der Waals surface area contributed by atoms with Gasteiger partial charge in [-0.15, -0.1) is 0 Å². The molecule has 1 heterocycles. The molecule has 0 aliphatic carbocycles. The summed E-state index contributed by atoms with van der Waals surface area (Å²) < 4.78 is 0. The van der Waals surface area contributed by atoms with Gasteiger partial charge in [-0.25, -0.2) is 0 Å². The monoisotopic (exact) mass is 631 g/mol. The first-order valence-electron chi connectivity index (χ1n) is 21.5. The third kappa shape index (κ3) is 27.0. The molecule has 1 atom stereocenters. The Hall–Kier alpha value is -0.660. The number of rotatable bonds is 37. The zero-order chi connectivity index (χ0) is 32.3. The van der Waals surface area contributed by atoms with Crippen molar-refractivity contribution in [3.8, 4) is 0 Å². The Morgan fingerprint density at radius 2 is 0.511 bits per heavy atom. The highest BCUT2D eigenvalue weighted by Gasteiger charge is 2.24. The van der Waals surface area contributed by atoms with Gasteiger partial charge in [-0.1, -0.05) is 220 Å². The SMILES string of the molecule is CCCCCCCCCCCCCCCCCCCN1C=CN(CCCCCCCCCCCCCCCCC)C1CCCC. The maximum absolute atomic E-state index is 2.69. The van der Waals surface area contributed by atoms with Crippen molar-refractivity contribution < 1.29 is 0 Å². The molecule has 0 aromatic carbocycles. The molecule has 1 aliphatic heterocycles. The zero-order valence-corrected chi connectivity index (χ0v) is 31.8. The van der Waals surface area contributed by atoms with Crippen LogP contribution in [0.2, 0.25) is 0 Å². The van der Waals surface area contributed by atoms with Crippen LogP contribution in [-0.2, 0) is 0 Å². The second-order valence-corrected chi connectivity index (χ2v) is 15.0. The van der Waals surface area contributed by atoms with E-state index in [1.54, 1.807) is 0 Å². The fraction of sp³-hybridized carbons (Fsp3) is 0.953. The van der Waals surface area contributed by atoms with Crippen molar-refractivity contribution in [2.24, 2.45) is 0 Å². The predicted octanol–water partition coefficient (Wildman–Crippen LogP) is 15.1. The van der Waals surface area contributed by atoms with Gasteiger partial charge in [0.2, 0.25) is 0 Å². The van der Waals surface area contributed by atoms with Gasteiger partial charge in [-0.2, -0.15) is 0 Å². The van der Waals surface area contributed by atoms with Crippen LogP contribution in [0, 0.1) is 0 Å². The maximum Gasteiger partial charge on any atom is 0.101 e. The van der Waals surface area contributed by atoms with E-state index in [1.165, 1.54) is 238 Å². The molecule has 1 unspecified atom stereocenters. The normalized spacial score (nSPS) is 14.8. The molecule has 0 radical (unpaired) electrons. The third-order valence-corrected chi connectivity index (χ3v) is 10.6. The maximum atomic E-state index is 2.69. The minimum absolute atomic E-state index is 0.637. The van der Waals surface area contributed by atoms with Crippen LogP contribution >= 0.6 is 0 Å². The summed E-state index contributed by atoms with van der Waals surface area (Å²) in [6.07, 6.45) is 56.0. The molecule has 1 rings (SSSR count). The lowest BCUT2D eigenvalue weighted by Gasteiger charge is -2.33. The summed E-state index contributed by atoms with van der Waals surface area (Å²) in [6, 6.07) is 0. The van der Waals surface area contributed by atoms with Crippen LogP contribution in [0.15, 0.2) is 12.4 Å². The summed E-state index contributed by atoms with van der Waals surface area (Å²) in [6.45, 7) is 9.50. The third-order valence-electron chi connectivity index (χ3n) is 10.6. The van der Waals surface area contributed by atoms with E-state index >= 15 is 0 Å².